The maximum atomic E-state index is 5.84. The van der Waals surface area contributed by atoms with Gasteiger partial charge in [0.15, 0.2) is 0 Å². The number of hydrogen-bond donors (Lipinski definition) is 1. The maximum Gasteiger partial charge on any atom is 0.0602 e. The Morgan fingerprint density at radius 1 is 1.11 bits per heavy atom. The molecule has 0 spiro atoms. The molecule has 2 rings (SSSR count). The molecule has 18 heavy (non-hydrogen) atoms. The largest absolute Gasteiger partial charge is 0.315 e. The first kappa shape index (κ1) is 13.4. The monoisotopic (exact) mass is 262 g/mol. The van der Waals surface area contributed by atoms with Crippen molar-refractivity contribution in [3.63, 3.8) is 0 Å². The van der Waals surface area contributed by atoms with Crippen LogP contribution in [0.5, 0.6) is 0 Å². The van der Waals surface area contributed by atoms with E-state index in [2.05, 4.69) is 22.1 Å². The number of benzene rings is 1. The Balaban J connectivity index is 1.76. The molecule has 0 aromatic heterocycles. The first-order valence-electron chi connectivity index (χ1n) is 6.48. The lowest BCUT2D eigenvalue weighted by atomic mass is 10.1. The summed E-state index contributed by atoms with van der Waals surface area (Å²) in [4.78, 5) is 2.41. The van der Waals surface area contributed by atoms with Crippen LogP contribution >= 0.6 is 11.6 Å². The smallest absolute Gasteiger partial charge is 0.0602 e. The van der Waals surface area contributed by atoms with Crippen LogP contribution in [0.25, 0.3) is 0 Å². The van der Waals surface area contributed by atoms with Crippen molar-refractivity contribution in [3.8, 4) is 11.8 Å². The summed E-state index contributed by atoms with van der Waals surface area (Å²) in [6, 6.07) is 7.90. The van der Waals surface area contributed by atoms with Gasteiger partial charge in [-0.15, -0.1) is 0 Å². The summed E-state index contributed by atoms with van der Waals surface area (Å²) in [5, 5.41) is 4.18. The molecule has 2 nitrogen and oxygen atoms in total. The van der Waals surface area contributed by atoms with Gasteiger partial charge in [-0.2, -0.15) is 0 Å². The first-order chi connectivity index (χ1) is 8.84. The Hall–Kier alpha value is -1.01. The zero-order chi connectivity index (χ0) is 12.6. The Labute approximate surface area is 114 Å². The molecule has 1 N–H and O–H groups in total. The van der Waals surface area contributed by atoms with Crippen molar-refractivity contribution in [1.82, 2.24) is 10.2 Å². The van der Waals surface area contributed by atoms with E-state index >= 15 is 0 Å². The maximum absolute atomic E-state index is 5.84. The van der Waals surface area contributed by atoms with E-state index in [1.807, 2.05) is 24.3 Å². The van der Waals surface area contributed by atoms with Gasteiger partial charge in [-0.1, -0.05) is 35.6 Å². The summed E-state index contributed by atoms with van der Waals surface area (Å²) in [7, 11) is 0. The lowest BCUT2D eigenvalue weighted by molar-refractivity contribution is 0.329. The third-order valence-corrected chi connectivity index (χ3v) is 3.32. The fourth-order valence-electron chi connectivity index (χ4n) is 1.99. The van der Waals surface area contributed by atoms with E-state index in [1.54, 1.807) is 0 Å². The van der Waals surface area contributed by atoms with Crippen LogP contribution in [0.2, 0.25) is 5.02 Å². The van der Waals surface area contributed by atoms with E-state index in [0.717, 1.165) is 44.2 Å². The standard InChI is InChI=1S/C15H19ClN2/c16-15-7-5-14(6-8-15)4-1-2-11-18-12-3-9-17-10-13-18/h5-8,17H,3-4,9-13H2. The van der Waals surface area contributed by atoms with Crippen molar-refractivity contribution < 1.29 is 0 Å². The lowest BCUT2D eigenvalue weighted by Crippen LogP contribution is -2.28. The predicted molar refractivity (Wildman–Crippen MR) is 76.9 cm³/mol. The van der Waals surface area contributed by atoms with Crippen molar-refractivity contribution in [2.45, 2.75) is 12.8 Å². The molecular weight excluding hydrogens is 244 g/mol. The highest BCUT2D eigenvalue weighted by Crippen LogP contribution is 2.09. The van der Waals surface area contributed by atoms with E-state index in [1.165, 1.54) is 12.0 Å². The second-order valence-electron chi connectivity index (χ2n) is 4.54. The highest BCUT2D eigenvalue weighted by atomic mass is 35.5. The Kier molecular flexibility index (Phi) is 5.54. The molecule has 0 bridgehead atoms. The molecule has 1 heterocycles. The van der Waals surface area contributed by atoms with E-state index in [-0.39, 0.29) is 0 Å². The molecule has 1 fully saturated rings. The van der Waals surface area contributed by atoms with E-state index in [0.29, 0.717) is 0 Å². The third-order valence-electron chi connectivity index (χ3n) is 3.07. The summed E-state index contributed by atoms with van der Waals surface area (Å²) in [6.07, 6.45) is 2.03. The SMILES string of the molecule is Clc1ccc(CC#CCN2CCCNCC2)cc1. The molecule has 1 aliphatic heterocycles. The minimum Gasteiger partial charge on any atom is -0.315 e. The molecule has 0 aliphatic carbocycles. The van der Waals surface area contributed by atoms with Crippen LogP contribution in [0.3, 0.4) is 0 Å². The van der Waals surface area contributed by atoms with Gasteiger partial charge in [-0.3, -0.25) is 4.90 Å². The Bertz CT molecular complexity index is 408. The molecule has 1 saturated heterocycles. The zero-order valence-electron chi connectivity index (χ0n) is 10.6. The molecule has 1 aromatic carbocycles. The van der Waals surface area contributed by atoms with Crippen LogP contribution in [0, 0.1) is 11.8 Å². The van der Waals surface area contributed by atoms with Gasteiger partial charge in [-0.05, 0) is 30.7 Å². The first-order valence-corrected chi connectivity index (χ1v) is 6.85. The Morgan fingerprint density at radius 3 is 2.78 bits per heavy atom. The third kappa shape index (κ3) is 4.70. The molecule has 1 aromatic rings. The van der Waals surface area contributed by atoms with Crippen LogP contribution in [0.1, 0.15) is 12.0 Å². The van der Waals surface area contributed by atoms with Gasteiger partial charge in [0.05, 0.1) is 6.54 Å². The minimum absolute atomic E-state index is 0.781. The topological polar surface area (TPSA) is 15.3 Å². The predicted octanol–water partition coefficient (Wildman–Crippen LogP) is 2.18. The van der Waals surface area contributed by atoms with Gasteiger partial charge in [-0.25, -0.2) is 0 Å². The summed E-state index contributed by atoms with van der Waals surface area (Å²) in [5.74, 6) is 6.49. The summed E-state index contributed by atoms with van der Waals surface area (Å²) in [6.45, 7) is 5.36. The van der Waals surface area contributed by atoms with Crippen LogP contribution in [-0.4, -0.2) is 37.6 Å². The highest BCUT2D eigenvalue weighted by Gasteiger charge is 2.05. The molecular formula is C15H19ClN2. The number of rotatable bonds is 2. The lowest BCUT2D eigenvalue weighted by Gasteiger charge is -2.15. The Morgan fingerprint density at radius 2 is 1.94 bits per heavy atom. The molecule has 1 aliphatic rings. The minimum atomic E-state index is 0.781. The summed E-state index contributed by atoms with van der Waals surface area (Å²) in [5.41, 5.74) is 1.23. The molecule has 96 valence electrons. The summed E-state index contributed by atoms with van der Waals surface area (Å²) >= 11 is 5.84. The zero-order valence-corrected chi connectivity index (χ0v) is 11.3. The van der Waals surface area contributed by atoms with E-state index in [4.69, 9.17) is 11.6 Å². The second-order valence-corrected chi connectivity index (χ2v) is 4.97. The summed E-state index contributed by atoms with van der Waals surface area (Å²) < 4.78 is 0. The van der Waals surface area contributed by atoms with Crippen molar-refractivity contribution in [2.75, 3.05) is 32.7 Å². The van der Waals surface area contributed by atoms with Crippen LogP contribution in [-0.2, 0) is 6.42 Å². The van der Waals surface area contributed by atoms with Gasteiger partial charge >= 0.3 is 0 Å². The van der Waals surface area contributed by atoms with Crippen LogP contribution < -0.4 is 5.32 Å². The van der Waals surface area contributed by atoms with E-state index < -0.39 is 0 Å². The van der Waals surface area contributed by atoms with Gasteiger partial charge < -0.3 is 5.32 Å². The molecule has 0 unspecified atom stereocenters. The fraction of sp³-hybridized carbons (Fsp3) is 0.467. The molecule has 0 saturated carbocycles. The van der Waals surface area contributed by atoms with Crippen molar-refractivity contribution >= 4 is 11.6 Å². The van der Waals surface area contributed by atoms with Gasteiger partial charge in [0.1, 0.15) is 0 Å². The highest BCUT2D eigenvalue weighted by molar-refractivity contribution is 6.30. The second kappa shape index (κ2) is 7.43. The number of nitrogens with zero attached hydrogens (tertiary/aromatic N) is 1. The van der Waals surface area contributed by atoms with Gasteiger partial charge in [0.25, 0.3) is 0 Å². The van der Waals surface area contributed by atoms with E-state index in [9.17, 15) is 0 Å². The normalized spacial score (nSPS) is 16.7. The quantitative estimate of drug-likeness (QED) is 0.822. The van der Waals surface area contributed by atoms with Crippen LogP contribution in [0.15, 0.2) is 24.3 Å². The van der Waals surface area contributed by atoms with Crippen molar-refractivity contribution in [2.24, 2.45) is 0 Å². The fourth-order valence-corrected chi connectivity index (χ4v) is 2.12. The van der Waals surface area contributed by atoms with Crippen LogP contribution in [0.4, 0.5) is 0 Å². The van der Waals surface area contributed by atoms with Gasteiger partial charge in [0, 0.05) is 31.1 Å². The molecule has 3 heteroatoms. The number of halogens is 1. The number of hydrogen-bond acceptors (Lipinski definition) is 2. The van der Waals surface area contributed by atoms with Crippen molar-refractivity contribution in [3.05, 3.63) is 34.9 Å². The van der Waals surface area contributed by atoms with Crippen molar-refractivity contribution in [1.29, 1.82) is 0 Å². The molecule has 0 atom stereocenters. The molecule has 0 amide bonds. The molecule has 0 radical (unpaired) electrons. The average Bonchev–Trinajstić information content (AvgIpc) is 2.65. The number of nitrogens with one attached hydrogen (secondary N) is 1. The average molecular weight is 263 g/mol. The van der Waals surface area contributed by atoms with Gasteiger partial charge in [0.2, 0.25) is 0 Å².